The van der Waals surface area contributed by atoms with E-state index >= 15 is 0 Å². The van der Waals surface area contributed by atoms with Crippen LogP contribution in [-0.4, -0.2) is 29.0 Å². The van der Waals surface area contributed by atoms with Crippen molar-refractivity contribution in [2.45, 2.75) is 32.5 Å². The number of aliphatic hydroxyl groups is 2. The van der Waals surface area contributed by atoms with E-state index in [1.165, 1.54) is 0 Å². The fourth-order valence-corrected chi connectivity index (χ4v) is 1.45. The van der Waals surface area contributed by atoms with Crippen LogP contribution in [0.25, 0.3) is 0 Å². The van der Waals surface area contributed by atoms with E-state index in [9.17, 15) is 10.2 Å². The summed E-state index contributed by atoms with van der Waals surface area (Å²) in [6.45, 7) is 4.03. The van der Waals surface area contributed by atoms with Gasteiger partial charge in [0.2, 0.25) is 0 Å². The van der Waals surface area contributed by atoms with Crippen molar-refractivity contribution < 1.29 is 10.2 Å². The van der Waals surface area contributed by atoms with E-state index in [4.69, 9.17) is 0 Å². The summed E-state index contributed by atoms with van der Waals surface area (Å²) in [5.74, 6) is 0. The molecule has 84 valence electrons. The van der Waals surface area contributed by atoms with Crippen molar-refractivity contribution in [3.63, 3.8) is 0 Å². The molecule has 0 amide bonds. The second-order valence-electron chi connectivity index (χ2n) is 3.94. The summed E-state index contributed by atoms with van der Waals surface area (Å²) in [6.07, 6.45) is -0.0905. The highest BCUT2D eigenvalue weighted by atomic mass is 16.3. The lowest BCUT2D eigenvalue weighted by Gasteiger charge is -2.14. The molecule has 0 aliphatic carbocycles. The average molecular weight is 209 g/mol. The van der Waals surface area contributed by atoms with Gasteiger partial charge in [-0.1, -0.05) is 18.2 Å². The highest BCUT2D eigenvalue weighted by Crippen LogP contribution is 2.16. The maximum atomic E-state index is 9.33. The van der Waals surface area contributed by atoms with Gasteiger partial charge in [-0.05, 0) is 25.5 Å². The number of anilines is 1. The molecule has 15 heavy (non-hydrogen) atoms. The topological polar surface area (TPSA) is 52.5 Å². The minimum absolute atomic E-state index is 0.348. The molecule has 0 saturated carbocycles. The number of aliphatic hydroxyl groups excluding tert-OH is 2. The summed E-state index contributed by atoms with van der Waals surface area (Å²) in [4.78, 5) is 0. The van der Waals surface area contributed by atoms with E-state index in [0.29, 0.717) is 13.0 Å². The van der Waals surface area contributed by atoms with Crippen molar-refractivity contribution in [1.29, 1.82) is 0 Å². The van der Waals surface area contributed by atoms with Crippen LogP contribution in [0.2, 0.25) is 0 Å². The second-order valence-corrected chi connectivity index (χ2v) is 3.94. The molecule has 3 N–H and O–H groups in total. The molecular formula is C12H19NO2. The van der Waals surface area contributed by atoms with Crippen LogP contribution in [0.3, 0.4) is 0 Å². The molecule has 0 aromatic heterocycles. The summed E-state index contributed by atoms with van der Waals surface area (Å²) in [6, 6.07) is 7.83. The molecule has 3 nitrogen and oxygen atoms in total. The van der Waals surface area contributed by atoms with Crippen molar-refractivity contribution in [2.24, 2.45) is 0 Å². The molecule has 0 radical (unpaired) electrons. The highest BCUT2D eigenvalue weighted by molar-refractivity contribution is 5.51. The van der Waals surface area contributed by atoms with Crippen molar-refractivity contribution in [3.05, 3.63) is 29.8 Å². The third-order valence-electron chi connectivity index (χ3n) is 2.12. The average Bonchev–Trinajstić information content (AvgIpc) is 2.15. The minimum atomic E-state index is -0.371. The first-order valence-electron chi connectivity index (χ1n) is 5.27. The smallest absolute Gasteiger partial charge is 0.0684 e. The van der Waals surface area contributed by atoms with Gasteiger partial charge in [0.05, 0.1) is 12.2 Å². The van der Waals surface area contributed by atoms with E-state index in [1.54, 1.807) is 13.8 Å². The number of hydrogen-bond acceptors (Lipinski definition) is 3. The Bertz CT molecular complexity index is 297. The molecule has 0 aliphatic rings. The van der Waals surface area contributed by atoms with Gasteiger partial charge in [0.25, 0.3) is 0 Å². The Kier molecular flexibility index (Phi) is 4.59. The molecule has 0 aliphatic heterocycles. The molecule has 0 spiro atoms. The zero-order valence-electron chi connectivity index (χ0n) is 9.27. The Morgan fingerprint density at radius 3 is 2.40 bits per heavy atom. The lowest BCUT2D eigenvalue weighted by Crippen LogP contribution is -2.17. The van der Waals surface area contributed by atoms with Crippen molar-refractivity contribution in [3.8, 4) is 0 Å². The lowest BCUT2D eigenvalue weighted by atomic mass is 10.1. The fraction of sp³-hybridized carbons (Fsp3) is 0.500. The second kappa shape index (κ2) is 5.73. The van der Waals surface area contributed by atoms with Crippen molar-refractivity contribution in [1.82, 2.24) is 0 Å². The normalized spacial score (nSPS) is 14.7. The van der Waals surface area contributed by atoms with Crippen LogP contribution in [0.1, 0.15) is 19.4 Å². The Morgan fingerprint density at radius 2 is 1.80 bits per heavy atom. The molecule has 3 heteroatoms. The molecule has 0 heterocycles. The van der Waals surface area contributed by atoms with Gasteiger partial charge in [-0.25, -0.2) is 0 Å². The number of para-hydroxylation sites is 1. The third kappa shape index (κ3) is 4.32. The zero-order chi connectivity index (χ0) is 11.3. The first kappa shape index (κ1) is 12.0. The molecule has 0 saturated heterocycles. The highest BCUT2D eigenvalue weighted by Gasteiger charge is 2.05. The van der Waals surface area contributed by atoms with Gasteiger partial charge in [-0.2, -0.15) is 0 Å². The zero-order valence-corrected chi connectivity index (χ0v) is 9.27. The van der Waals surface area contributed by atoms with Crippen LogP contribution < -0.4 is 5.32 Å². The molecule has 1 rings (SSSR count). The van der Waals surface area contributed by atoms with Gasteiger partial charge in [-0.3, -0.25) is 0 Å². The Morgan fingerprint density at radius 1 is 1.13 bits per heavy atom. The third-order valence-corrected chi connectivity index (χ3v) is 2.12. The van der Waals surface area contributed by atoms with Crippen molar-refractivity contribution >= 4 is 5.69 Å². The minimum Gasteiger partial charge on any atom is -0.393 e. The maximum Gasteiger partial charge on any atom is 0.0684 e. The number of nitrogens with one attached hydrogen (secondary N) is 1. The van der Waals surface area contributed by atoms with Crippen LogP contribution in [0.15, 0.2) is 24.3 Å². The molecule has 0 fully saturated rings. The first-order valence-corrected chi connectivity index (χ1v) is 5.27. The molecule has 0 bridgehead atoms. The quantitative estimate of drug-likeness (QED) is 0.687. The summed E-state index contributed by atoms with van der Waals surface area (Å²) >= 11 is 0. The monoisotopic (exact) mass is 209 g/mol. The largest absolute Gasteiger partial charge is 0.393 e. The van der Waals surface area contributed by atoms with E-state index in [1.807, 2.05) is 24.3 Å². The molecular weight excluding hydrogens is 190 g/mol. The van der Waals surface area contributed by atoms with Gasteiger partial charge in [-0.15, -0.1) is 0 Å². The van der Waals surface area contributed by atoms with E-state index in [2.05, 4.69) is 5.32 Å². The standard InChI is InChI=1S/C12H19NO2/c1-9(14)7-11-5-3-4-6-12(11)13-8-10(2)15/h3-6,9-10,13-15H,7-8H2,1-2H3. The molecule has 2 atom stereocenters. The van der Waals surface area contributed by atoms with Gasteiger partial charge in [0.15, 0.2) is 0 Å². The summed E-state index contributed by atoms with van der Waals surface area (Å²) in [5.41, 5.74) is 2.06. The summed E-state index contributed by atoms with van der Waals surface area (Å²) in [5, 5.41) is 21.7. The molecule has 1 aromatic carbocycles. The van der Waals surface area contributed by atoms with Gasteiger partial charge >= 0.3 is 0 Å². The van der Waals surface area contributed by atoms with Crippen molar-refractivity contribution in [2.75, 3.05) is 11.9 Å². The number of benzene rings is 1. The fourth-order valence-electron chi connectivity index (χ4n) is 1.45. The Balaban J connectivity index is 2.68. The maximum absolute atomic E-state index is 9.33. The SMILES string of the molecule is CC(O)CNc1ccccc1CC(C)O. The summed E-state index contributed by atoms with van der Waals surface area (Å²) < 4.78 is 0. The van der Waals surface area contributed by atoms with Gasteiger partial charge in [0, 0.05) is 18.7 Å². The predicted molar refractivity (Wildman–Crippen MR) is 62.0 cm³/mol. The number of rotatable bonds is 5. The van der Waals surface area contributed by atoms with E-state index in [0.717, 1.165) is 11.3 Å². The van der Waals surface area contributed by atoms with Crippen LogP contribution in [0.4, 0.5) is 5.69 Å². The Labute approximate surface area is 90.8 Å². The van der Waals surface area contributed by atoms with Crippen LogP contribution in [0, 0.1) is 0 Å². The predicted octanol–water partition coefficient (Wildman–Crippen LogP) is 1.40. The first-order chi connectivity index (χ1) is 7.09. The summed E-state index contributed by atoms with van der Waals surface area (Å²) in [7, 11) is 0. The van der Waals surface area contributed by atoms with Crippen LogP contribution >= 0.6 is 0 Å². The van der Waals surface area contributed by atoms with Crippen LogP contribution in [-0.2, 0) is 6.42 Å². The van der Waals surface area contributed by atoms with Gasteiger partial charge in [0.1, 0.15) is 0 Å². The van der Waals surface area contributed by atoms with Crippen LogP contribution in [0.5, 0.6) is 0 Å². The van der Waals surface area contributed by atoms with Gasteiger partial charge < -0.3 is 15.5 Å². The van der Waals surface area contributed by atoms with E-state index < -0.39 is 0 Å². The lowest BCUT2D eigenvalue weighted by molar-refractivity contribution is 0.195. The number of hydrogen-bond donors (Lipinski definition) is 3. The molecule has 2 unspecified atom stereocenters. The van der Waals surface area contributed by atoms with E-state index in [-0.39, 0.29) is 12.2 Å². The molecule has 1 aromatic rings. The Hall–Kier alpha value is -1.06.